The number of sulfonamides is 1. The average molecular weight is 571 g/mol. The first-order chi connectivity index (χ1) is 17.3. The molecule has 0 saturated carbocycles. The summed E-state index contributed by atoms with van der Waals surface area (Å²) in [5.41, 5.74) is -0.734. The Hall–Kier alpha value is -3.15. The normalized spacial score (nSPS) is 12.1. The third-order valence-electron chi connectivity index (χ3n) is 5.55. The minimum atomic E-state index is -4.95. The molecule has 1 N–H and O–H groups in total. The highest BCUT2D eigenvalue weighted by molar-refractivity contribution is 7.93. The zero-order valence-electron chi connectivity index (χ0n) is 19.4. The van der Waals surface area contributed by atoms with Crippen molar-refractivity contribution < 1.29 is 30.8 Å². The van der Waals surface area contributed by atoms with Gasteiger partial charge in [-0.25, -0.2) is 12.8 Å². The fraction of sp³-hybridized carbons (Fsp3) is 0.160. The van der Waals surface area contributed by atoms with E-state index in [4.69, 9.17) is 11.6 Å². The van der Waals surface area contributed by atoms with Crippen molar-refractivity contribution in [2.45, 2.75) is 31.5 Å². The molecular weight excluding hydrogens is 552 g/mol. The average Bonchev–Trinajstić information content (AvgIpc) is 3.14. The van der Waals surface area contributed by atoms with Gasteiger partial charge in [-0.3, -0.25) is 9.10 Å². The van der Waals surface area contributed by atoms with Crippen molar-refractivity contribution in [1.82, 2.24) is 0 Å². The highest BCUT2D eigenvalue weighted by Gasteiger charge is 2.35. The van der Waals surface area contributed by atoms with Gasteiger partial charge in [-0.15, -0.1) is 11.3 Å². The number of thiophene rings is 1. The molecule has 3 aromatic carbocycles. The molecule has 194 valence electrons. The van der Waals surface area contributed by atoms with Crippen LogP contribution in [0.4, 0.5) is 28.3 Å². The molecule has 0 radical (unpaired) electrons. The molecule has 1 aromatic heterocycles. The van der Waals surface area contributed by atoms with Crippen molar-refractivity contribution in [3.63, 3.8) is 0 Å². The van der Waals surface area contributed by atoms with E-state index in [1.807, 2.05) is 6.07 Å². The molecule has 0 aliphatic carbocycles. The minimum Gasteiger partial charge on any atom is -0.325 e. The number of alkyl halides is 3. The van der Waals surface area contributed by atoms with Gasteiger partial charge in [0.15, 0.2) is 0 Å². The number of fused-ring (bicyclic) bond motifs is 1. The van der Waals surface area contributed by atoms with Gasteiger partial charge < -0.3 is 5.32 Å². The maximum Gasteiger partial charge on any atom is 0.419 e. The number of benzene rings is 3. The van der Waals surface area contributed by atoms with Crippen LogP contribution in [-0.4, -0.2) is 14.3 Å². The zero-order valence-corrected chi connectivity index (χ0v) is 21.7. The van der Waals surface area contributed by atoms with E-state index in [2.05, 4.69) is 5.32 Å². The summed E-state index contributed by atoms with van der Waals surface area (Å²) in [5.74, 6) is -1.86. The molecule has 1 amide bonds. The summed E-state index contributed by atoms with van der Waals surface area (Å²) in [6.45, 7) is 2.49. The van der Waals surface area contributed by atoms with Gasteiger partial charge in [-0.1, -0.05) is 35.9 Å². The number of carbonyl (C=O) groups is 1. The highest BCUT2D eigenvalue weighted by atomic mass is 35.5. The number of hydrogen-bond donors (Lipinski definition) is 1. The van der Waals surface area contributed by atoms with Gasteiger partial charge in [-0.2, -0.15) is 13.2 Å². The quantitative estimate of drug-likeness (QED) is 0.246. The fourth-order valence-electron chi connectivity index (χ4n) is 3.79. The first-order valence-corrected chi connectivity index (χ1v) is 13.4. The summed E-state index contributed by atoms with van der Waals surface area (Å²) in [4.78, 5) is 11.2. The number of rotatable bonds is 6. The number of anilines is 2. The lowest BCUT2D eigenvalue weighted by Gasteiger charge is -2.25. The van der Waals surface area contributed by atoms with Crippen molar-refractivity contribution in [2.24, 2.45) is 0 Å². The number of aryl methyl sites for hydroxylation is 1. The molecule has 37 heavy (non-hydrogen) atoms. The monoisotopic (exact) mass is 570 g/mol. The standard InChI is InChI=1S/C25H19ClF4N2O3S2/c1-14-18-5-3-4-6-23(18)36-24(14)32(13-16-7-9-21(27)19(11-16)25(28,29)30)37(34,35)17-8-10-22(20(26)12-17)31-15(2)33/h3-12H,13H2,1-2H3,(H,31,33). The van der Waals surface area contributed by atoms with Crippen molar-refractivity contribution in [2.75, 3.05) is 9.62 Å². The summed E-state index contributed by atoms with van der Waals surface area (Å²) in [5, 5.41) is 3.53. The van der Waals surface area contributed by atoms with Crippen LogP contribution in [0.1, 0.15) is 23.6 Å². The van der Waals surface area contributed by atoms with E-state index in [1.165, 1.54) is 19.1 Å². The van der Waals surface area contributed by atoms with Crippen LogP contribution in [0.2, 0.25) is 5.02 Å². The molecule has 0 fully saturated rings. The number of halogens is 5. The van der Waals surface area contributed by atoms with Gasteiger partial charge >= 0.3 is 6.18 Å². The second-order valence-corrected chi connectivity index (χ2v) is 11.5. The highest BCUT2D eigenvalue weighted by Crippen LogP contribution is 2.41. The number of hydrogen-bond acceptors (Lipinski definition) is 4. The van der Waals surface area contributed by atoms with Crippen LogP contribution in [0.5, 0.6) is 0 Å². The lowest BCUT2D eigenvalue weighted by molar-refractivity contribution is -0.140. The van der Waals surface area contributed by atoms with Gasteiger partial charge in [-0.05, 0) is 59.8 Å². The van der Waals surface area contributed by atoms with E-state index < -0.39 is 40.0 Å². The van der Waals surface area contributed by atoms with E-state index in [0.717, 1.165) is 37.9 Å². The van der Waals surface area contributed by atoms with Gasteiger partial charge in [0.05, 0.1) is 27.7 Å². The number of amides is 1. The van der Waals surface area contributed by atoms with Crippen molar-refractivity contribution in [1.29, 1.82) is 0 Å². The lowest BCUT2D eigenvalue weighted by atomic mass is 10.1. The number of nitrogens with one attached hydrogen (secondary N) is 1. The second-order valence-electron chi connectivity index (χ2n) is 8.17. The molecule has 4 rings (SSSR count). The predicted molar refractivity (Wildman–Crippen MR) is 137 cm³/mol. The number of carbonyl (C=O) groups excluding carboxylic acids is 1. The third-order valence-corrected chi connectivity index (χ3v) is 9.01. The Morgan fingerprint density at radius 3 is 2.41 bits per heavy atom. The first kappa shape index (κ1) is 26.9. The molecule has 0 aliphatic rings. The van der Waals surface area contributed by atoms with Gasteiger partial charge in [0.2, 0.25) is 5.91 Å². The molecule has 0 bridgehead atoms. The van der Waals surface area contributed by atoms with Crippen LogP contribution >= 0.6 is 22.9 Å². The zero-order chi connectivity index (χ0) is 27.1. The molecule has 12 heteroatoms. The first-order valence-electron chi connectivity index (χ1n) is 10.7. The maximum atomic E-state index is 13.9. The van der Waals surface area contributed by atoms with E-state index in [1.54, 1.807) is 25.1 Å². The largest absolute Gasteiger partial charge is 0.419 e. The molecule has 0 atom stereocenters. The van der Waals surface area contributed by atoms with Crippen LogP contribution in [-0.2, 0) is 27.5 Å². The molecule has 0 spiro atoms. The fourth-order valence-corrected chi connectivity index (χ4v) is 7.04. The third kappa shape index (κ3) is 5.43. The van der Waals surface area contributed by atoms with Crippen molar-refractivity contribution in [3.05, 3.63) is 88.2 Å². The summed E-state index contributed by atoms with van der Waals surface area (Å²) >= 11 is 7.37. The van der Waals surface area contributed by atoms with E-state index in [-0.39, 0.29) is 21.2 Å². The van der Waals surface area contributed by atoms with E-state index in [0.29, 0.717) is 22.7 Å². The van der Waals surface area contributed by atoms with Crippen LogP contribution in [0.15, 0.2) is 65.6 Å². The summed E-state index contributed by atoms with van der Waals surface area (Å²) in [6, 6.07) is 13.3. The van der Waals surface area contributed by atoms with Gasteiger partial charge in [0.25, 0.3) is 10.0 Å². The molecular formula is C25H19ClF4N2O3S2. The summed E-state index contributed by atoms with van der Waals surface area (Å²) in [7, 11) is -4.38. The Balaban J connectivity index is 1.87. The molecule has 0 unspecified atom stereocenters. The van der Waals surface area contributed by atoms with Crippen LogP contribution < -0.4 is 9.62 Å². The van der Waals surface area contributed by atoms with Crippen LogP contribution in [0, 0.1) is 12.7 Å². The summed E-state index contributed by atoms with van der Waals surface area (Å²) in [6.07, 6.45) is -4.95. The maximum absolute atomic E-state index is 13.9. The van der Waals surface area contributed by atoms with Crippen LogP contribution in [0.25, 0.3) is 10.1 Å². The topological polar surface area (TPSA) is 66.5 Å². The Morgan fingerprint density at radius 1 is 1.08 bits per heavy atom. The second kappa shape index (κ2) is 9.96. The van der Waals surface area contributed by atoms with E-state index >= 15 is 0 Å². The molecule has 4 aromatic rings. The Bertz CT molecular complexity index is 1620. The minimum absolute atomic E-state index is 0.0366. The SMILES string of the molecule is CC(=O)Nc1ccc(S(=O)(=O)N(Cc2ccc(F)c(C(F)(F)F)c2)c2sc3ccccc3c2C)cc1Cl. The summed E-state index contributed by atoms with van der Waals surface area (Å²) < 4.78 is 83.5. The Morgan fingerprint density at radius 2 is 1.78 bits per heavy atom. The lowest BCUT2D eigenvalue weighted by Crippen LogP contribution is -2.30. The predicted octanol–water partition coefficient (Wildman–Crippen LogP) is 7.37. The number of nitrogens with zero attached hydrogens (tertiary/aromatic N) is 1. The van der Waals surface area contributed by atoms with Crippen LogP contribution in [0.3, 0.4) is 0 Å². The molecule has 1 heterocycles. The molecule has 0 saturated heterocycles. The smallest absolute Gasteiger partial charge is 0.325 e. The molecule has 5 nitrogen and oxygen atoms in total. The van der Waals surface area contributed by atoms with Gasteiger partial charge in [0.1, 0.15) is 10.8 Å². The van der Waals surface area contributed by atoms with E-state index in [9.17, 15) is 30.8 Å². The molecule has 0 aliphatic heterocycles. The van der Waals surface area contributed by atoms with Crippen molar-refractivity contribution in [3.8, 4) is 0 Å². The van der Waals surface area contributed by atoms with Gasteiger partial charge in [0, 0.05) is 11.6 Å². The van der Waals surface area contributed by atoms with Crippen molar-refractivity contribution >= 4 is 59.6 Å². The Labute approximate surface area is 219 Å². The Kier molecular flexibility index (Phi) is 7.24.